The summed E-state index contributed by atoms with van der Waals surface area (Å²) in [6, 6.07) is 5.49. The van der Waals surface area contributed by atoms with Crippen molar-refractivity contribution < 1.29 is 24.1 Å². The van der Waals surface area contributed by atoms with E-state index in [9.17, 15) is 4.79 Å². The largest absolute Gasteiger partial charge is 0.493 e. The summed E-state index contributed by atoms with van der Waals surface area (Å²) in [6.45, 7) is 2.96. The van der Waals surface area contributed by atoms with Crippen LogP contribution in [0.5, 0.6) is 17.2 Å². The molecule has 0 unspecified atom stereocenters. The summed E-state index contributed by atoms with van der Waals surface area (Å²) in [4.78, 5) is 9.25. The van der Waals surface area contributed by atoms with E-state index in [1.54, 1.807) is 21.3 Å². The smallest absolute Gasteiger partial charge is 0.327 e. The zero-order chi connectivity index (χ0) is 13.3. The number of benzene rings is 1. The third-order valence-electron chi connectivity index (χ3n) is 1.76. The Hall–Kier alpha value is -2.17. The lowest BCUT2D eigenvalue weighted by atomic mass is 10.3. The Morgan fingerprint density at radius 2 is 1.59 bits per heavy atom. The normalized spacial score (nSPS) is 8.41. The minimum absolute atomic E-state index is 0.627. The van der Waals surface area contributed by atoms with E-state index < -0.39 is 5.97 Å². The molecule has 0 aliphatic carbocycles. The average Bonchev–Trinajstić information content (AvgIpc) is 2.37. The van der Waals surface area contributed by atoms with Gasteiger partial charge in [-0.25, -0.2) is 4.79 Å². The number of aliphatic carboxylic acids is 1. The molecule has 5 nitrogen and oxygen atoms in total. The predicted molar refractivity (Wildman–Crippen MR) is 63.9 cm³/mol. The van der Waals surface area contributed by atoms with Crippen LogP contribution in [0.2, 0.25) is 0 Å². The van der Waals surface area contributed by atoms with Crippen LogP contribution in [-0.4, -0.2) is 32.4 Å². The second-order valence-corrected chi connectivity index (χ2v) is 2.74. The van der Waals surface area contributed by atoms with E-state index in [0.29, 0.717) is 17.2 Å². The summed E-state index contributed by atoms with van der Waals surface area (Å²) in [5.41, 5.74) is 0. The van der Waals surface area contributed by atoms with Gasteiger partial charge in [0.05, 0.1) is 21.3 Å². The van der Waals surface area contributed by atoms with E-state index in [2.05, 4.69) is 6.58 Å². The number of hydrogen-bond donors (Lipinski definition) is 1. The van der Waals surface area contributed by atoms with E-state index in [0.717, 1.165) is 6.08 Å². The van der Waals surface area contributed by atoms with Crippen molar-refractivity contribution in [1.82, 2.24) is 0 Å². The number of para-hydroxylation sites is 1. The van der Waals surface area contributed by atoms with Gasteiger partial charge in [0.15, 0.2) is 11.5 Å². The quantitative estimate of drug-likeness (QED) is 0.815. The van der Waals surface area contributed by atoms with Crippen molar-refractivity contribution in [3.8, 4) is 17.2 Å². The van der Waals surface area contributed by atoms with Gasteiger partial charge < -0.3 is 19.3 Å². The number of hydrogen-bond acceptors (Lipinski definition) is 4. The molecule has 0 fully saturated rings. The monoisotopic (exact) mass is 240 g/mol. The van der Waals surface area contributed by atoms with Gasteiger partial charge >= 0.3 is 5.97 Å². The molecule has 1 N–H and O–H groups in total. The molecule has 94 valence electrons. The highest BCUT2D eigenvalue weighted by Gasteiger charge is 2.08. The van der Waals surface area contributed by atoms with E-state index >= 15 is 0 Å². The average molecular weight is 240 g/mol. The van der Waals surface area contributed by atoms with Gasteiger partial charge in [-0.1, -0.05) is 12.6 Å². The lowest BCUT2D eigenvalue weighted by molar-refractivity contribution is -0.131. The molecular formula is C12H16O5. The Kier molecular flexibility index (Phi) is 7.01. The lowest BCUT2D eigenvalue weighted by Crippen LogP contribution is -1.93. The van der Waals surface area contributed by atoms with Crippen molar-refractivity contribution in [2.45, 2.75) is 0 Å². The highest BCUT2D eigenvalue weighted by Crippen LogP contribution is 2.35. The lowest BCUT2D eigenvalue weighted by Gasteiger charge is -2.10. The number of carboxylic acid groups (broad SMARTS) is 1. The predicted octanol–water partition coefficient (Wildman–Crippen LogP) is 1.97. The number of carboxylic acids is 1. The van der Waals surface area contributed by atoms with Crippen LogP contribution in [0, 0.1) is 0 Å². The third-order valence-corrected chi connectivity index (χ3v) is 1.76. The first kappa shape index (κ1) is 14.8. The maximum absolute atomic E-state index is 9.25. The molecule has 0 aliphatic rings. The molecule has 1 rings (SSSR count). The summed E-state index contributed by atoms with van der Waals surface area (Å²) < 4.78 is 15.3. The number of methoxy groups -OCH3 is 3. The van der Waals surface area contributed by atoms with Crippen LogP contribution in [0.25, 0.3) is 0 Å². The SMILES string of the molecule is C=CC(=O)O.COc1cccc(OC)c1OC. The van der Waals surface area contributed by atoms with E-state index in [1.807, 2.05) is 18.2 Å². The molecule has 1 aromatic rings. The molecule has 5 heteroatoms. The number of ether oxygens (including phenoxy) is 3. The van der Waals surface area contributed by atoms with Gasteiger partial charge in [0, 0.05) is 6.08 Å². The van der Waals surface area contributed by atoms with Gasteiger partial charge in [0.1, 0.15) is 0 Å². The molecule has 0 heterocycles. The van der Waals surface area contributed by atoms with E-state index in [-0.39, 0.29) is 0 Å². The minimum Gasteiger partial charge on any atom is -0.493 e. The van der Waals surface area contributed by atoms with Gasteiger partial charge in [-0.15, -0.1) is 0 Å². The fourth-order valence-electron chi connectivity index (χ4n) is 1.02. The van der Waals surface area contributed by atoms with Crippen molar-refractivity contribution in [3.05, 3.63) is 30.9 Å². The number of carbonyl (C=O) groups is 1. The molecule has 0 aliphatic heterocycles. The Morgan fingerprint density at radius 1 is 1.18 bits per heavy atom. The first-order valence-corrected chi connectivity index (χ1v) is 4.71. The molecule has 0 aromatic heterocycles. The topological polar surface area (TPSA) is 65.0 Å². The zero-order valence-corrected chi connectivity index (χ0v) is 10.1. The van der Waals surface area contributed by atoms with Crippen molar-refractivity contribution >= 4 is 5.97 Å². The minimum atomic E-state index is -0.981. The fraction of sp³-hybridized carbons (Fsp3) is 0.250. The summed E-state index contributed by atoms with van der Waals surface area (Å²) >= 11 is 0. The van der Waals surface area contributed by atoms with Crippen LogP contribution in [0.1, 0.15) is 0 Å². The van der Waals surface area contributed by atoms with Crippen LogP contribution >= 0.6 is 0 Å². The Labute approximate surface area is 100 Å². The van der Waals surface area contributed by atoms with Crippen LogP contribution < -0.4 is 14.2 Å². The van der Waals surface area contributed by atoms with Gasteiger partial charge in [-0.2, -0.15) is 0 Å². The van der Waals surface area contributed by atoms with E-state index in [4.69, 9.17) is 19.3 Å². The van der Waals surface area contributed by atoms with Gasteiger partial charge in [-0.3, -0.25) is 0 Å². The molecular weight excluding hydrogens is 224 g/mol. The highest BCUT2D eigenvalue weighted by atomic mass is 16.5. The zero-order valence-electron chi connectivity index (χ0n) is 10.1. The Bertz CT molecular complexity index is 351. The molecule has 0 saturated heterocycles. The van der Waals surface area contributed by atoms with Crippen molar-refractivity contribution in [1.29, 1.82) is 0 Å². The van der Waals surface area contributed by atoms with Crippen molar-refractivity contribution in [2.24, 2.45) is 0 Å². The van der Waals surface area contributed by atoms with Crippen molar-refractivity contribution in [3.63, 3.8) is 0 Å². The summed E-state index contributed by atoms with van der Waals surface area (Å²) in [6.07, 6.45) is 0.833. The summed E-state index contributed by atoms with van der Waals surface area (Å²) in [5.74, 6) is 1.00. The molecule has 0 saturated carbocycles. The van der Waals surface area contributed by atoms with Crippen molar-refractivity contribution in [2.75, 3.05) is 21.3 Å². The summed E-state index contributed by atoms with van der Waals surface area (Å²) in [7, 11) is 4.77. The molecule has 0 atom stereocenters. The summed E-state index contributed by atoms with van der Waals surface area (Å²) in [5, 5.41) is 7.60. The first-order chi connectivity index (χ1) is 8.10. The second-order valence-electron chi connectivity index (χ2n) is 2.74. The first-order valence-electron chi connectivity index (χ1n) is 4.71. The molecule has 0 amide bonds. The molecule has 0 radical (unpaired) electrons. The standard InChI is InChI=1S/C9H12O3.C3H4O2/c1-10-7-5-4-6-8(11-2)9(7)12-3;1-2-3(4)5/h4-6H,1-3H3;2H,1H2,(H,4,5). The fourth-order valence-corrected chi connectivity index (χ4v) is 1.02. The highest BCUT2D eigenvalue weighted by molar-refractivity contribution is 5.78. The number of rotatable bonds is 4. The molecule has 0 spiro atoms. The van der Waals surface area contributed by atoms with E-state index in [1.165, 1.54) is 0 Å². The molecule has 17 heavy (non-hydrogen) atoms. The van der Waals surface area contributed by atoms with Crippen LogP contribution in [0.15, 0.2) is 30.9 Å². The maximum Gasteiger partial charge on any atom is 0.327 e. The second kappa shape index (κ2) is 8.04. The van der Waals surface area contributed by atoms with Crippen LogP contribution in [-0.2, 0) is 4.79 Å². The van der Waals surface area contributed by atoms with Gasteiger partial charge in [0.25, 0.3) is 0 Å². The third kappa shape index (κ3) is 4.92. The van der Waals surface area contributed by atoms with Gasteiger partial charge in [-0.05, 0) is 12.1 Å². The molecule has 0 bridgehead atoms. The van der Waals surface area contributed by atoms with Crippen LogP contribution in [0.4, 0.5) is 0 Å². The Morgan fingerprint density at radius 3 is 1.82 bits per heavy atom. The van der Waals surface area contributed by atoms with Gasteiger partial charge in [0.2, 0.25) is 5.75 Å². The maximum atomic E-state index is 9.25. The Balaban J connectivity index is 0.000000437. The molecule has 1 aromatic carbocycles. The van der Waals surface area contributed by atoms with Crippen LogP contribution in [0.3, 0.4) is 0 Å².